The molecule has 2 saturated heterocycles. The van der Waals surface area contributed by atoms with Gasteiger partial charge in [0.25, 0.3) is 0 Å². The smallest absolute Gasteiger partial charge is 0.231 e. The lowest BCUT2D eigenvalue weighted by atomic mass is 10.2. The van der Waals surface area contributed by atoms with Gasteiger partial charge in [-0.1, -0.05) is 18.2 Å². The molecule has 88 valence electrons. The SMILES string of the molecule is O=C1C[C@H]2O/C(=C\CSc3ccccc3)CN12. The predicted octanol–water partition coefficient (Wildman–Crippen LogP) is 2.25. The number of carbonyl (C=O) groups excluding carboxylic acids is 1. The second kappa shape index (κ2) is 4.45. The molecule has 2 fully saturated rings. The van der Waals surface area contributed by atoms with Crippen LogP contribution >= 0.6 is 11.8 Å². The first-order valence-corrected chi connectivity index (χ1v) is 6.64. The van der Waals surface area contributed by atoms with Gasteiger partial charge in [0, 0.05) is 10.6 Å². The van der Waals surface area contributed by atoms with Gasteiger partial charge in [-0.3, -0.25) is 9.69 Å². The summed E-state index contributed by atoms with van der Waals surface area (Å²) in [5, 5.41) is 0. The number of nitrogens with zero attached hydrogens (tertiary/aromatic N) is 1. The molecule has 3 nitrogen and oxygen atoms in total. The van der Waals surface area contributed by atoms with Gasteiger partial charge in [-0.15, -0.1) is 11.8 Å². The number of fused-ring (bicyclic) bond motifs is 1. The van der Waals surface area contributed by atoms with Gasteiger partial charge in [0.05, 0.1) is 13.0 Å². The second-order valence-corrected chi connectivity index (χ2v) is 5.19. The molecule has 0 N–H and O–H groups in total. The zero-order chi connectivity index (χ0) is 11.7. The third kappa shape index (κ3) is 2.17. The summed E-state index contributed by atoms with van der Waals surface area (Å²) in [5.41, 5.74) is 0. The highest BCUT2D eigenvalue weighted by molar-refractivity contribution is 7.99. The summed E-state index contributed by atoms with van der Waals surface area (Å²) in [5.74, 6) is 2.02. The van der Waals surface area contributed by atoms with Gasteiger partial charge in [-0.25, -0.2) is 0 Å². The zero-order valence-electron chi connectivity index (χ0n) is 9.33. The summed E-state index contributed by atoms with van der Waals surface area (Å²) in [6.45, 7) is 0.652. The number of amides is 1. The summed E-state index contributed by atoms with van der Waals surface area (Å²) in [6.07, 6.45) is 2.64. The number of β-lactam (4-membered cyclic amide) rings is 1. The van der Waals surface area contributed by atoms with Gasteiger partial charge < -0.3 is 4.74 Å². The molecular weight excluding hydrogens is 234 g/mol. The van der Waals surface area contributed by atoms with Crippen LogP contribution in [0.5, 0.6) is 0 Å². The molecule has 1 aromatic carbocycles. The van der Waals surface area contributed by atoms with Crippen LogP contribution in [0.15, 0.2) is 47.1 Å². The fourth-order valence-corrected chi connectivity index (χ4v) is 2.77. The summed E-state index contributed by atoms with van der Waals surface area (Å²) in [4.78, 5) is 14.2. The standard InChI is InChI=1S/C13H13NO2S/c15-12-8-13-14(12)9-10(16-13)6-7-17-11-4-2-1-3-5-11/h1-6,13H,7-9H2/b10-6-/t13-/m1/s1. The molecule has 0 aromatic heterocycles. The van der Waals surface area contributed by atoms with E-state index in [0.717, 1.165) is 11.5 Å². The first-order valence-electron chi connectivity index (χ1n) is 5.66. The average Bonchev–Trinajstić information content (AvgIpc) is 2.68. The van der Waals surface area contributed by atoms with Crippen LogP contribution in [0, 0.1) is 0 Å². The lowest BCUT2D eigenvalue weighted by molar-refractivity contribution is -0.154. The van der Waals surface area contributed by atoms with Gasteiger partial charge >= 0.3 is 0 Å². The van der Waals surface area contributed by atoms with Crippen molar-refractivity contribution < 1.29 is 9.53 Å². The molecular formula is C13H13NO2S. The van der Waals surface area contributed by atoms with Crippen LogP contribution in [0.25, 0.3) is 0 Å². The van der Waals surface area contributed by atoms with E-state index in [0.29, 0.717) is 13.0 Å². The minimum atomic E-state index is 0.0236. The van der Waals surface area contributed by atoms with Crippen LogP contribution in [0.2, 0.25) is 0 Å². The van der Waals surface area contributed by atoms with E-state index in [1.54, 1.807) is 16.7 Å². The third-order valence-electron chi connectivity index (χ3n) is 2.94. The van der Waals surface area contributed by atoms with Crippen LogP contribution < -0.4 is 0 Å². The molecule has 0 saturated carbocycles. The summed E-state index contributed by atoms with van der Waals surface area (Å²) < 4.78 is 5.62. The van der Waals surface area contributed by atoms with E-state index in [1.165, 1.54) is 4.90 Å². The number of benzene rings is 1. The maximum Gasteiger partial charge on any atom is 0.231 e. The minimum Gasteiger partial charge on any atom is -0.473 e. The predicted molar refractivity (Wildman–Crippen MR) is 66.5 cm³/mol. The Morgan fingerprint density at radius 2 is 2.24 bits per heavy atom. The number of hydrogen-bond donors (Lipinski definition) is 0. The Balaban J connectivity index is 1.53. The van der Waals surface area contributed by atoms with E-state index < -0.39 is 0 Å². The van der Waals surface area contributed by atoms with E-state index in [9.17, 15) is 4.79 Å². The molecule has 17 heavy (non-hydrogen) atoms. The van der Waals surface area contributed by atoms with Gasteiger partial charge in [0.15, 0.2) is 6.23 Å². The van der Waals surface area contributed by atoms with E-state index in [-0.39, 0.29) is 12.1 Å². The Morgan fingerprint density at radius 3 is 2.94 bits per heavy atom. The second-order valence-electron chi connectivity index (χ2n) is 4.09. The van der Waals surface area contributed by atoms with Crippen molar-refractivity contribution >= 4 is 17.7 Å². The molecule has 1 atom stereocenters. The van der Waals surface area contributed by atoms with Crippen molar-refractivity contribution in [3.63, 3.8) is 0 Å². The maximum absolute atomic E-state index is 11.2. The highest BCUT2D eigenvalue weighted by Crippen LogP contribution is 2.31. The molecule has 1 aromatic rings. The van der Waals surface area contributed by atoms with E-state index in [2.05, 4.69) is 18.2 Å². The Morgan fingerprint density at radius 1 is 1.41 bits per heavy atom. The molecule has 4 heteroatoms. The van der Waals surface area contributed by atoms with Crippen molar-refractivity contribution in [1.82, 2.24) is 4.90 Å². The molecule has 0 spiro atoms. The number of rotatable bonds is 3. The van der Waals surface area contributed by atoms with E-state index in [4.69, 9.17) is 4.74 Å². The Bertz CT molecular complexity index is 458. The molecule has 1 amide bonds. The topological polar surface area (TPSA) is 29.5 Å². The summed E-state index contributed by atoms with van der Waals surface area (Å²) >= 11 is 1.77. The van der Waals surface area contributed by atoms with E-state index in [1.807, 2.05) is 18.2 Å². The number of thioether (sulfide) groups is 1. The minimum absolute atomic E-state index is 0.0236. The summed E-state index contributed by atoms with van der Waals surface area (Å²) in [6, 6.07) is 10.3. The average molecular weight is 247 g/mol. The van der Waals surface area contributed by atoms with Crippen molar-refractivity contribution in [2.45, 2.75) is 17.5 Å². The summed E-state index contributed by atoms with van der Waals surface area (Å²) in [7, 11) is 0. The van der Waals surface area contributed by atoms with Gasteiger partial charge in [0.1, 0.15) is 5.76 Å². The molecule has 0 radical (unpaired) electrons. The van der Waals surface area contributed by atoms with Gasteiger partial charge in [0.2, 0.25) is 5.91 Å². The molecule has 3 rings (SSSR count). The van der Waals surface area contributed by atoms with E-state index >= 15 is 0 Å². The van der Waals surface area contributed by atoms with Crippen molar-refractivity contribution in [3.8, 4) is 0 Å². The quantitative estimate of drug-likeness (QED) is 0.606. The Kier molecular flexibility index (Phi) is 2.81. The lowest BCUT2D eigenvalue weighted by Crippen LogP contribution is -2.48. The van der Waals surface area contributed by atoms with Gasteiger partial charge in [-0.05, 0) is 18.2 Å². The van der Waals surface area contributed by atoms with Crippen molar-refractivity contribution in [2.24, 2.45) is 0 Å². The van der Waals surface area contributed by atoms with Crippen LogP contribution in [0.1, 0.15) is 6.42 Å². The molecule has 0 aliphatic carbocycles. The van der Waals surface area contributed by atoms with Crippen LogP contribution in [-0.2, 0) is 9.53 Å². The van der Waals surface area contributed by atoms with Gasteiger partial charge in [-0.2, -0.15) is 0 Å². The lowest BCUT2D eigenvalue weighted by Gasteiger charge is -2.30. The zero-order valence-corrected chi connectivity index (χ0v) is 10.2. The fourth-order valence-electron chi connectivity index (χ4n) is 1.96. The Labute approximate surface area is 104 Å². The van der Waals surface area contributed by atoms with Crippen LogP contribution in [0.4, 0.5) is 0 Å². The highest BCUT2D eigenvalue weighted by atomic mass is 32.2. The first kappa shape index (κ1) is 10.7. The highest BCUT2D eigenvalue weighted by Gasteiger charge is 2.43. The molecule has 2 heterocycles. The molecule has 0 bridgehead atoms. The number of carbonyl (C=O) groups is 1. The van der Waals surface area contributed by atoms with Crippen molar-refractivity contribution in [1.29, 1.82) is 0 Å². The molecule has 0 unspecified atom stereocenters. The van der Waals surface area contributed by atoms with Crippen LogP contribution in [-0.4, -0.2) is 29.3 Å². The molecule has 2 aliphatic heterocycles. The number of ether oxygens (including phenoxy) is 1. The van der Waals surface area contributed by atoms with Crippen LogP contribution in [0.3, 0.4) is 0 Å². The Hall–Kier alpha value is -1.42. The normalized spacial score (nSPS) is 24.5. The number of hydrogen-bond acceptors (Lipinski definition) is 3. The van der Waals surface area contributed by atoms with Crippen molar-refractivity contribution in [3.05, 3.63) is 42.2 Å². The first-order chi connectivity index (χ1) is 8.33. The third-order valence-corrected chi connectivity index (χ3v) is 3.87. The maximum atomic E-state index is 11.2. The van der Waals surface area contributed by atoms with Crippen molar-refractivity contribution in [2.75, 3.05) is 12.3 Å². The monoisotopic (exact) mass is 247 g/mol. The fraction of sp³-hybridized carbons (Fsp3) is 0.308. The largest absolute Gasteiger partial charge is 0.473 e. The molecule has 2 aliphatic rings.